The predicted molar refractivity (Wildman–Crippen MR) is 112 cm³/mol. The van der Waals surface area contributed by atoms with Crippen molar-refractivity contribution in [1.82, 2.24) is 24.8 Å². The van der Waals surface area contributed by atoms with E-state index >= 15 is 0 Å². The Balaban J connectivity index is 1.71. The fourth-order valence-electron chi connectivity index (χ4n) is 2.73. The molecule has 3 aromatic rings. The molecule has 9 nitrogen and oxygen atoms in total. The van der Waals surface area contributed by atoms with Gasteiger partial charge in [-0.15, -0.1) is 0 Å². The smallest absolute Gasteiger partial charge is 0.404 e. The Labute approximate surface area is 189 Å². The topological polar surface area (TPSA) is 119 Å². The first-order valence-corrected chi connectivity index (χ1v) is 10.1. The average Bonchev–Trinajstić information content (AvgIpc) is 2.74. The van der Waals surface area contributed by atoms with Gasteiger partial charge in [0.15, 0.2) is 0 Å². The van der Waals surface area contributed by atoms with E-state index in [0.29, 0.717) is 23.6 Å². The van der Waals surface area contributed by atoms with Gasteiger partial charge >= 0.3 is 6.09 Å². The minimum atomic E-state index is -1.11. The third-order valence-electron chi connectivity index (χ3n) is 4.39. The van der Waals surface area contributed by atoms with Gasteiger partial charge in [-0.25, -0.2) is 13.6 Å². The fraction of sp³-hybridized carbons (Fsp3) is 0.250. The van der Waals surface area contributed by atoms with Crippen LogP contribution in [-0.4, -0.2) is 37.3 Å². The number of amides is 1. The van der Waals surface area contributed by atoms with E-state index in [1.807, 2.05) is 0 Å². The van der Waals surface area contributed by atoms with Crippen molar-refractivity contribution < 1.29 is 23.4 Å². The molecule has 1 aromatic carbocycles. The van der Waals surface area contributed by atoms with Crippen LogP contribution < -0.4 is 15.6 Å². The number of benzene rings is 1. The van der Waals surface area contributed by atoms with Gasteiger partial charge in [0.05, 0.1) is 24.1 Å². The Hall–Kier alpha value is -3.41. The van der Waals surface area contributed by atoms with Gasteiger partial charge in [0.2, 0.25) is 5.88 Å². The summed E-state index contributed by atoms with van der Waals surface area (Å²) >= 11 is 3.17. The van der Waals surface area contributed by atoms with Gasteiger partial charge in [-0.3, -0.25) is 19.3 Å². The zero-order valence-corrected chi connectivity index (χ0v) is 18.4. The molecule has 0 bridgehead atoms. The highest BCUT2D eigenvalue weighted by Gasteiger charge is 2.16. The maximum Gasteiger partial charge on any atom is 0.404 e. The Morgan fingerprint density at radius 3 is 2.62 bits per heavy atom. The third kappa shape index (κ3) is 5.84. The number of rotatable bonds is 8. The molecule has 2 N–H and O–H groups in total. The Bertz CT molecular complexity index is 1190. The maximum absolute atomic E-state index is 13.8. The fourth-order valence-corrected chi connectivity index (χ4v) is 3.15. The molecule has 0 radical (unpaired) electrons. The van der Waals surface area contributed by atoms with E-state index in [0.717, 1.165) is 12.1 Å². The zero-order valence-electron chi connectivity index (χ0n) is 16.8. The summed E-state index contributed by atoms with van der Waals surface area (Å²) in [7, 11) is 0. The monoisotopic (exact) mass is 509 g/mol. The van der Waals surface area contributed by atoms with Crippen LogP contribution in [0.1, 0.15) is 22.8 Å². The van der Waals surface area contributed by atoms with Crippen molar-refractivity contribution in [3.05, 3.63) is 79.8 Å². The van der Waals surface area contributed by atoms with E-state index in [1.54, 1.807) is 6.92 Å². The lowest BCUT2D eigenvalue weighted by atomic mass is 10.2. The number of nitrogens with zero attached hydrogens (tertiary/aromatic N) is 4. The molecule has 1 amide bonds. The van der Waals surface area contributed by atoms with Crippen LogP contribution in [-0.2, 0) is 19.6 Å². The van der Waals surface area contributed by atoms with Crippen LogP contribution in [0.25, 0.3) is 0 Å². The molecule has 0 aliphatic heterocycles. The van der Waals surface area contributed by atoms with Crippen molar-refractivity contribution in [3.8, 4) is 5.88 Å². The van der Waals surface area contributed by atoms with Crippen molar-refractivity contribution in [3.63, 3.8) is 0 Å². The van der Waals surface area contributed by atoms with E-state index in [9.17, 15) is 18.4 Å². The molecular formula is C20H18BrF2N5O4. The molecule has 0 saturated carbocycles. The number of aromatic nitrogens is 4. The molecule has 3 rings (SSSR count). The van der Waals surface area contributed by atoms with Gasteiger partial charge in [-0.05, 0) is 35.0 Å². The summed E-state index contributed by atoms with van der Waals surface area (Å²) in [6.45, 7) is 1.69. The molecule has 0 aliphatic rings. The number of hydrogen-bond acceptors (Lipinski definition) is 6. The summed E-state index contributed by atoms with van der Waals surface area (Å²) in [6.07, 6.45) is 2.28. The van der Waals surface area contributed by atoms with Crippen molar-refractivity contribution >= 4 is 22.0 Å². The SMILES string of the molecule is Cc1nc(OCc2ccc(F)cc2F)c(Br)c(=O)n1Cc1cnc(CCNC(=O)O)cn1. The highest BCUT2D eigenvalue weighted by molar-refractivity contribution is 9.10. The third-order valence-corrected chi connectivity index (χ3v) is 5.07. The van der Waals surface area contributed by atoms with Gasteiger partial charge in [-0.2, -0.15) is 4.98 Å². The molecule has 2 heterocycles. The first-order valence-electron chi connectivity index (χ1n) is 9.35. The van der Waals surface area contributed by atoms with Gasteiger partial charge in [0.25, 0.3) is 5.56 Å². The highest BCUT2D eigenvalue weighted by Crippen LogP contribution is 2.21. The lowest BCUT2D eigenvalue weighted by Gasteiger charge is -2.13. The van der Waals surface area contributed by atoms with E-state index in [4.69, 9.17) is 9.84 Å². The van der Waals surface area contributed by atoms with Crippen LogP contribution in [0.15, 0.2) is 39.9 Å². The number of carboxylic acid groups (broad SMARTS) is 1. The van der Waals surface area contributed by atoms with Crippen LogP contribution in [0.3, 0.4) is 0 Å². The number of aryl methyl sites for hydroxylation is 1. The van der Waals surface area contributed by atoms with Gasteiger partial charge in [0.1, 0.15) is 28.5 Å². The number of halogens is 3. The minimum Gasteiger partial charge on any atom is -0.472 e. The quantitative estimate of drug-likeness (QED) is 0.479. The van der Waals surface area contributed by atoms with Crippen LogP contribution in [0, 0.1) is 18.6 Å². The lowest BCUT2D eigenvalue weighted by Crippen LogP contribution is -2.26. The number of ether oxygens (including phenoxy) is 1. The first-order chi connectivity index (χ1) is 15.2. The van der Waals surface area contributed by atoms with Crippen LogP contribution in [0.4, 0.5) is 13.6 Å². The summed E-state index contributed by atoms with van der Waals surface area (Å²) in [5.41, 5.74) is 0.794. The second-order valence-corrected chi connectivity index (χ2v) is 7.47. The lowest BCUT2D eigenvalue weighted by molar-refractivity contribution is 0.194. The molecule has 2 aromatic heterocycles. The Morgan fingerprint density at radius 2 is 1.97 bits per heavy atom. The van der Waals surface area contributed by atoms with Gasteiger partial charge < -0.3 is 15.2 Å². The summed E-state index contributed by atoms with van der Waals surface area (Å²) in [5, 5.41) is 10.8. The summed E-state index contributed by atoms with van der Waals surface area (Å²) in [5.74, 6) is -1.13. The maximum atomic E-state index is 13.8. The van der Waals surface area contributed by atoms with E-state index in [-0.39, 0.29) is 35.6 Å². The van der Waals surface area contributed by atoms with Crippen molar-refractivity contribution in [2.45, 2.75) is 26.5 Å². The number of hydrogen-bond donors (Lipinski definition) is 2. The number of nitrogens with one attached hydrogen (secondary N) is 1. The molecule has 168 valence electrons. The van der Waals surface area contributed by atoms with Crippen molar-refractivity contribution in [1.29, 1.82) is 0 Å². The normalized spacial score (nSPS) is 10.8. The Kier molecular flexibility index (Phi) is 7.46. The first kappa shape index (κ1) is 23.3. The summed E-state index contributed by atoms with van der Waals surface area (Å²) in [6, 6.07) is 3.12. The molecule has 0 saturated heterocycles. The zero-order chi connectivity index (χ0) is 23.3. The molecule has 0 unspecified atom stereocenters. The van der Waals surface area contributed by atoms with Crippen molar-refractivity contribution in [2.75, 3.05) is 6.54 Å². The van der Waals surface area contributed by atoms with Gasteiger partial charge in [0, 0.05) is 30.8 Å². The molecule has 0 atom stereocenters. The Morgan fingerprint density at radius 1 is 1.25 bits per heavy atom. The van der Waals surface area contributed by atoms with E-state index in [2.05, 4.69) is 36.2 Å². The van der Waals surface area contributed by atoms with E-state index in [1.165, 1.54) is 23.0 Å². The van der Waals surface area contributed by atoms with Gasteiger partial charge in [-0.1, -0.05) is 0 Å². The highest BCUT2D eigenvalue weighted by atomic mass is 79.9. The summed E-state index contributed by atoms with van der Waals surface area (Å²) < 4.78 is 33.7. The average molecular weight is 510 g/mol. The second kappa shape index (κ2) is 10.3. The van der Waals surface area contributed by atoms with Crippen LogP contribution in [0.5, 0.6) is 5.88 Å². The van der Waals surface area contributed by atoms with Crippen LogP contribution >= 0.6 is 15.9 Å². The minimum absolute atomic E-state index is 0.0140. The van der Waals surface area contributed by atoms with Crippen LogP contribution in [0.2, 0.25) is 0 Å². The molecule has 12 heteroatoms. The largest absolute Gasteiger partial charge is 0.472 e. The molecule has 32 heavy (non-hydrogen) atoms. The van der Waals surface area contributed by atoms with Crippen molar-refractivity contribution in [2.24, 2.45) is 0 Å². The predicted octanol–water partition coefficient (Wildman–Crippen LogP) is 2.82. The molecule has 0 spiro atoms. The molecule has 0 aliphatic carbocycles. The number of carbonyl (C=O) groups is 1. The molecular weight excluding hydrogens is 492 g/mol. The second-order valence-electron chi connectivity index (χ2n) is 6.67. The molecule has 0 fully saturated rings. The summed E-state index contributed by atoms with van der Waals surface area (Å²) in [4.78, 5) is 36.0. The van der Waals surface area contributed by atoms with E-state index < -0.39 is 23.3 Å². The standard InChI is InChI=1S/C20H18BrF2N5O4/c1-11-27-18(32-10-12-2-3-13(22)6-16(12)23)17(21)19(29)28(11)9-15-8-25-14(7-26-15)4-5-24-20(30)31/h2-3,6-8,24H,4-5,9-10H2,1H3,(H,30,31).